The van der Waals surface area contributed by atoms with Crippen LogP contribution in [-0.2, 0) is 9.53 Å². The summed E-state index contributed by atoms with van der Waals surface area (Å²) in [6.07, 6.45) is 3.74. The molecule has 1 aliphatic rings. The first-order valence-electron chi connectivity index (χ1n) is 7.97. The average molecular weight is 285 g/mol. The minimum atomic E-state index is -0.367. The zero-order valence-electron chi connectivity index (χ0n) is 13.1. The summed E-state index contributed by atoms with van der Waals surface area (Å²) in [5.41, 5.74) is 5.54. The van der Waals surface area contributed by atoms with Crippen LogP contribution in [0.5, 0.6) is 0 Å². The van der Waals surface area contributed by atoms with Gasteiger partial charge in [-0.25, -0.2) is 0 Å². The van der Waals surface area contributed by atoms with E-state index in [4.69, 9.17) is 10.5 Å². The predicted octanol–water partition coefficient (Wildman–Crippen LogP) is 0.980. The molecule has 1 aliphatic heterocycles. The Morgan fingerprint density at radius 2 is 1.85 bits per heavy atom. The number of rotatable bonds is 9. The van der Waals surface area contributed by atoms with Crippen LogP contribution in [0, 0.1) is 5.41 Å². The average Bonchev–Trinajstić information content (AvgIpc) is 2.48. The van der Waals surface area contributed by atoms with E-state index in [1.807, 2.05) is 0 Å². The van der Waals surface area contributed by atoms with Crippen LogP contribution in [0.3, 0.4) is 0 Å². The molecule has 5 heteroatoms. The van der Waals surface area contributed by atoms with Crippen LogP contribution in [0.2, 0.25) is 0 Å². The summed E-state index contributed by atoms with van der Waals surface area (Å²) in [5, 5.41) is 3.09. The normalized spacial score (nSPS) is 17.1. The maximum atomic E-state index is 12.5. The van der Waals surface area contributed by atoms with Gasteiger partial charge in [0, 0.05) is 32.7 Å². The van der Waals surface area contributed by atoms with E-state index in [2.05, 4.69) is 24.1 Å². The summed E-state index contributed by atoms with van der Waals surface area (Å²) in [6, 6.07) is 0. The van der Waals surface area contributed by atoms with Gasteiger partial charge in [-0.2, -0.15) is 0 Å². The smallest absolute Gasteiger partial charge is 0.227 e. The topological polar surface area (TPSA) is 67.6 Å². The molecule has 5 nitrogen and oxygen atoms in total. The molecule has 0 aromatic carbocycles. The van der Waals surface area contributed by atoms with Crippen molar-refractivity contribution in [2.24, 2.45) is 11.1 Å². The fourth-order valence-corrected chi connectivity index (χ4v) is 2.95. The Morgan fingerprint density at radius 1 is 1.25 bits per heavy atom. The zero-order chi connectivity index (χ0) is 14.8. The molecule has 20 heavy (non-hydrogen) atoms. The summed E-state index contributed by atoms with van der Waals surface area (Å²) in [6.45, 7) is 9.78. The maximum Gasteiger partial charge on any atom is 0.227 e. The highest BCUT2D eigenvalue weighted by Gasteiger charge is 2.34. The lowest BCUT2D eigenvalue weighted by Crippen LogP contribution is -2.48. The van der Waals surface area contributed by atoms with E-state index in [0.29, 0.717) is 13.1 Å². The lowest BCUT2D eigenvalue weighted by atomic mass is 9.78. The molecular weight excluding hydrogens is 254 g/mol. The van der Waals surface area contributed by atoms with Crippen molar-refractivity contribution >= 4 is 5.91 Å². The molecule has 1 fully saturated rings. The van der Waals surface area contributed by atoms with Crippen LogP contribution in [0.4, 0.5) is 0 Å². The van der Waals surface area contributed by atoms with E-state index in [0.717, 1.165) is 58.5 Å². The fourth-order valence-electron chi connectivity index (χ4n) is 2.95. The van der Waals surface area contributed by atoms with Crippen molar-refractivity contribution in [3.8, 4) is 0 Å². The Hall–Kier alpha value is -0.650. The summed E-state index contributed by atoms with van der Waals surface area (Å²) in [5.74, 6) is 0.136. The largest absolute Gasteiger partial charge is 0.379 e. The van der Waals surface area contributed by atoms with Gasteiger partial charge < -0.3 is 15.8 Å². The Labute approximate surface area is 123 Å². The van der Waals surface area contributed by atoms with Gasteiger partial charge in [0.15, 0.2) is 0 Å². The van der Waals surface area contributed by atoms with E-state index < -0.39 is 0 Å². The van der Waals surface area contributed by atoms with Gasteiger partial charge in [-0.15, -0.1) is 0 Å². The first kappa shape index (κ1) is 17.4. The number of hydrogen-bond acceptors (Lipinski definition) is 4. The van der Waals surface area contributed by atoms with Crippen LogP contribution in [-0.4, -0.2) is 56.7 Å². The third-order valence-electron chi connectivity index (χ3n) is 4.15. The van der Waals surface area contributed by atoms with E-state index in [-0.39, 0.29) is 11.3 Å². The van der Waals surface area contributed by atoms with Crippen molar-refractivity contribution in [1.82, 2.24) is 10.2 Å². The molecule has 3 N–H and O–H groups in total. The molecular formula is C15H31N3O2. The monoisotopic (exact) mass is 285 g/mol. The number of nitrogens with one attached hydrogen (secondary N) is 1. The number of hydrogen-bond donors (Lipinski definition) is 2. The minimum Gasteiger partial charge on any atom is -0.379 e. The van der Waals surface area contributed by atoms with Crippen LogP contribution in [0.15, 0.2) is 0 Å². The molecule has 0 spiro atoms. The molecule has 0 saturated carbocycles. The molecule has 118 valence electrons. The fraction of sp³-hybridized carbons (Fsp3) is 0.933. The standard InChI is InChI=1S/C15H31N3O2/c1-3-5-15(13-16,6-4-2)14(19)17-7-8-18-9-11-20-12-10-18/h3-13,16H2,1-2H3,(H,17,19). The first-order chi connectivity index (χ1) is 9.68. The van der Waals surface area contributed by atoms with Crippen LogP contribution < -0.4 is 11.1 Å². The van der Waals surface area contributed by atoms with Crippen LogP contribution in [0.1, 0.15) is 39.5 Å². The number of nitrogens with zero attached hydrogens (tertiary/aromatic N) is 1. The van der Waals surface area contributed by atoms with Crippen molar-refractivity contribution in [2.75, 3.05) is 45.9 Å². The lowest BCUT2D eigenvalue weighted by molar-refractivity contribution is -0.131. The highest BCUT2D eigenvalue weighted by atomic mass is 16.5. The molecule has 0 aromatic rings. The summed E-state index contributed by atoms with van der Waals surface area (Å²) >= 11 is 0. The molecule has 0 bridgehead atoms. The lowest BCUT2D eigenvalue weighted by Gasteiger charge is -2.32. The van der Waals surface area contributed by atoms with Crippen LogP contribution >= 0.6 is 0 Å². The van der Waals surface area contributed by atoms with E-state index in [1.54, 1.807) is 0 Å². The molecule has 0 aliphatic carbocycles. The van der Waals surface area contributed by atoms with Crippen molar-refractivity contribution in [3.05, 3.63) is 0 Å². The second-order valence-corrected chi connectivity index (χ2v) is 5.69. The van der Waals surface area contributed by atoms with Gasteiger partial charge in [0.05, 0.1) is 18.6 Å². The summed E-state index contributed by atoms with van der Waals surface area (Å²) in [4.78, 5) is 14.8. The van der Waals surface area contributed by atoms with Crippen molar-refractivity contribution in [3.63, 3.8) is 0 Å². The highest BCUT2D eigenvalue weighted by molar-refractivity contribution is 5.82. The molecule has 0 unspecified atom stereocenters. The molecule has 1 heterocycles. The van der Waals surface area contributed by atoms with Gasteiger partial charge >= 0.3 is 0 Å². The third kappa shape index (κ3) is 5.04. The van der Waals surface area contributed by atoms with Crippen molar-refractivity contribution in [1.29, 1.82) is 0 Å². The minimum absolute atomic E-state index is 0.136. The Balaban J connectivity index is 2.40. The van der Waals surface area contributed by atoms with Gasteiger partial charge in [0.25, 0.3) is 0 Å². The number of morpholine rings is 1. The van der Waals surface area contributed by atoms with Crippen molar-refractivity contribution in [2.45, 2.75) is 39.5 Å². The number of nitrogens with two attached hydrogens (primary N) is 1. The summed E-state index contributed by atoms with van der Waals surface area (Å²) < 4.78 is 5.32. The predicted molar refractivity (Wildman–Crippen MR) is 81.6 cm³/mol. The number of carbonyl (C=O) groups excluding carboxylic acids is 1. The molecule has 0 aromatic heterocycles. The van der Waals surface area contributed by atoms with Gasteiger partial charge in [-0.1, -0.05) is 26.7 Å². The van der Waals surface area contributed by atoms with E-state index in [1.165, 1.54) is 0 Å². The van der Waals surface area contributed by atoms with E-state index >= 15 is 0 Å². The second kappa shape index (κ2) is 9.32. The zero-order valence-corrected chi connectivity index (χ0v) is 13.1. The molecule has 0 atom stereocenters. The Kier molecular flexibility index (Phi) is 8.11. The highest BCUT2D eigenvalue weighted by Crippen LogP contribution is 2.28. The van der Waals surface area contributed by atoms with Gasteiger partial charge in [-0.05, 0) is 12.8 Å². The van der Waals surface area contributed by atoms with Crippen LogP contribution in [0.25, 0.3) is 0 Å². The molecule has 0 radical (unpaired) electrons. The second-order valence-electron chi connectivity index (χ2n) is 5.69. The maximum absolute atomic E-state index is 12.5. The Bertz CT molecular complexity index is 272. The first-order valence-corrected chi connectivity index (χ1v) is 7.97. The Morgan fingerprint density at radius 3 is 2.35 bits per heavy atom. The number of amides is 1. The van der Waals surface area contributed by atoms with Gasteiger partial charge in [0.1, 0.15) is 0 Å². The number of carbonyl (C=O) groups is 1. The number of ether oxygens (including phenoxy) is 1. The van der Waals surface area contributed by atoms with Gasteiger partial charge in [-0.3, -0.25) is 9.69 Å². The van der Waals surface area contributed by atoms with Gasteiger partial charge in [0.2, 0.25) is 5.91 Å². The molecule has 1 rings (SSSR count). The third-order valence-corrected chi connectivity index (χ3v) is 4.15. The van der Waals surface area contributed by atoms with Crippen molar-refractivity contribution < 1.29 is 9.53 Å². The SMILES string of the molecule is CCCC(CN)(CCC)C(=O)NCCN1CCOCC1. The summed E-state index contributed by atoms with van der Waals surface area (Å²) in [7, 11) is 0. The molecule has 1 amide bonds. The molecule has 1 saturated heterocycles. The van der Waals surface area contributed by atoms with E-state index in [9.17, 15) is 4.79 Å². The quantitative estimate of drug-likeness (QED) is 0.663.